The number of rotatable bonds is 8. The van der Waals surface area contributed by atoms with Crippen molar-refractivity contribution in [3.8, 4) is 11.5 Å². The number of aromatic hydroxyl groups is 1. The molecule has 0 heterocycles. The average molecular weight is 522 g/mol. The molecule has 0 aliphatic heterocycles. The van der Waals surface area contributed by atoms with Gasteiger partial charge in [0.25, 0.3) is 5.91 Å². The molecule has 2 amide bonds. The third kappa shape index (κ3) is 6.09. The number of nitrogens with zero attached hydrogens (tertiary/aromatic N) is 2. The van der Waals surface area contributed by atoms with E-state index in [1.54, 1.807) is 18.0 Å². The summed E-state index contributed by atoms with van der Waals surface area (Å²) in [6, 6.07) is 15.4. The first-order valence-corrected chi connectivity index (χ1v) is 12.3. The summed E-state index contributed by atoms with van der Waals surface area (Å²) < 4.78 is 5.94. The van der Waals surface area contributed by atoms with Crippen LogP contribution in [-0.2, 0) is 9.59 Å². The van der Waals surface area contributed by atoms with E-state index in [0.29, 0.717) is 12.2 Å². The molecule has 0 bridgehead atoms. The van der Waals surface area contributed by atoms with E-state index in [4.69, 9.17) is 16.3 Å². The summed E-state index contributed by atoms with van der Waals surface area (Å²) >= 11 is 5.86. The monoisotopic (exact) mass is 521 g/mol. The second-order valence-electron chi connectivity index (χ2n) is 9.11. The van der Waals surface area contributed by atoms with Gasteiger partial charge in [-0.25, -0.2) is 5.43 Å². The lowest BCUT2D eigenvalue weighted by molar-refractivity contribution is -0.130. The molecule has 8 nitrogen and oxygen atoms in total. The maximum absolute atomic E-state index is 12.8. The first-order valence-electron chi connectivity index (χ1n) is 12.0. The van der Waals surface area contributed by atoms with Crippen LogP contribution in [0.1, 0.15) is 42.1 Å². The van der Waals surface area contributed by atoms with E-state index in [0.717, 1.165) is 29.2 Å². The van der Waals surface area contributed by atoms with Crippen molar-refractivity contribution in [3.05, 3.63) is 70.7 Å². The number of hydrogen-bond acceptors (Lipinski definition) is 6. The number of phenolic OH excluding ortho intramolecular Hbond substituents is 1. The summed E-state index contributed by atoms with van der Waals surface area (Å²) in [7, 11) is 1.78. The minimum Gasteiger partial charge on any atom is -0.506 e. The summed E-state index contributed by atoms with van der Waals surface area (Å²) in [4.78, 5) is 38.5. The zero-order valence-corrected chi connectivity index (χ0v) is 21.4. The Balaban J connectivity index is 1.41. The van der Waals surface area contributed by atoms with Crippen LogP contribution < -0.4 is 10.2 Å². The maximum Gasteiger partial charge on any atom is 0.271 e. The zero-order chi connectivity index (χ0) is 26.5. The van der Waals surface area contributed by atoms with E-state index in [-0.39, 0.29) is 46.6 Å². The molecule has 3 aromatic rings. The highest BCUT2D eigenvalue weighted by Crippen LogP contribution is 2.31. The summed E-state index contributed by atoms with van der Waals surface area (Å²) in [6.07, 6.45) is 3.76. The Morgan fingerprint density at radius 3 is 2.62 bits per heavy atom. The first-order chi connectivity index (χ1) is 17.7. The van der Waals surface area contributed by atoms with Crippen molar-refractivity contribution in [1.29, 1.82) is 0 Å². The predicted octanol–water partition coefficient (Wildman–Crippen LogP) is 4.56. The molecular formula is C28H28ClN3O5. The minimum absolute atomic E-state index is 0.00812. The highest BCUT2D eigenvalue weighted by molar-refractivity contribution is 6.32. The molecule has 0 radical (unpaired) electrons. The summed E-state index contributed by atoms with van der Waals surface area (Å²) in [5, 5.41) is 15.3. The van der Waals surface area contributed by atoms with Gasteiger partial charge in [-0.3, -0.25) is 14.4 Å². The Morgan fingerprint density at radius 2 is 1.89 bits per heavy atom. The van der Waals surface area contributed by atoms with Crippen LogP contribution in [0.4, 0.5) is 0 Å². The Hall–Kier alpha value is -3.91. The van der Waals surface area contributed by atoms with Crippen LogP contribution in [0.25, 0.3) is 10.8 Å². The highest BCUT2D eigenvalue weighted by Gasteiger charge is 2.33. The molecule has 9 heteroatoms. The lowest BCUT2D eigenvalue weighted by atomic mass is 10.0. The smallest absolute Gasteiger partial charge is 0.271 e. The number of carbonyl (C=O) groups is 3. The molecule has 3 aromatic carbocycles. The van der Waals surface area contributed by atoms with Crippen molar-refractivity contribution in [2.45, 2.75) is 32.2 Å². The predicted molar refractivity (Wildman–Crippen MR) is 142 cm³/mol. The third-order valence-corrected chi connectivity index (χ3v) is 7.07. The van der Waals surface area contributed by atoms with E-state index in [2.05, 4.69) is 10.5 Å². The van der Waals surface area contributed by atoms with Crippen LogP contribution in [-0.4, -0.2) is 53.5 Å². The second-order valence-corrected chi connectivity index (χ2v) is 9.52. The number of hydrogen-bond donors (Lipinski definition) is 2. The number of carbonyl (C=O) groups excluding carboxylic acids is 3. The Morgan fingerprint density at radius 1 is 1.14 bits per heavy atom. The number of benzene rings is 3. The number of amides is 2. The summed E-state index contributed by atoms with van der Waals surface area (Å²) in [5.74, 6) is -0.0643. The molecule has 0 spiro atoms. The average Bonchev–Trinajstić information content (AvgIpc) is 3.39. The second kappa shape index (κ2) is 11.4. The molecule has 37 heavy (non-hydrogen) atoms. The number of halogens is 1. The van der Waals surface area contributed by atoms with Crippen molar-refractivity contribution in [1.82, 2.24) is 10.3 Å². The topological polar surface area (TPSA) is 108 Å². The lowest BCUT2D eigenvalue weighted by Crippen LogP contribution is -2.34. The molecule has 1 aliphatic carbocycles. The number of fused-ring (bicyclic) bond motifs is 1. The third-order valence-electron chi connectivity index (χ3n) is 6.77. The van der Waals surface area contributed by atoms with Gasteiger partial charge in [-0.1, -0.05) is 35.9 Å². The minimum atomic E-state index is -0.468. The van der Waals surface area contributed by atoms with Crippen molar-refractivity contribution in [2.24, 2.45) is 11.0 Å². The first kappa shape index (κ1) is 26.2. The Labute approximate surface area is 219 Å². The normalized spacial score (nSPS) is 17.2. The fourth-order valence-electron chi connectivity index (χ4n) is 4.53. The zero-order valence-electron chi connectivity index (χ0n) is 20.6. The standard InChI is InChI=1S/C28H28ClN3O5/c1-17(33)32(2)21-10-7-18(13-21)26(35)16-37-27-12-9-20(22-5-3-4-6-23(22)27)15-30-31-28(36)19-8-11-25(34)24(29)14-19/h3-6,8-9,11-12,14-15,18,21,34H,7,10,13,16H2,1-2H3,(H,31,36)/b30-15+. The fraction of sp³-hybridized carbons (Fsp3) is 0.286. The van der Waals surface area contributed by atoms with E-state index < -0.39 is 5.91 Å². The number of Topliss-reactive ketones (excluding diaryl/α,β-unsaturated/α-hetero) is 1. The number of ether oxygens (including phenoxy) is 1. The van der Waals surface area contributed by atoms with Crippen molar-refractivity contribution in [3.63, 3.8) is 0 Å². The van der Waals surface area contributed by atoms with Crippen LogP contribution >= 0.6 is 11.6 Å². The van der Waals surface area contributed by atoms with Crippen LogP contribution in [0.5, 0.6) is 11.5 Å². The van der Waals surface area contributed by atoms with Crippen LogP contribution in [0.3, 0.4) is 0 Å². The maximum atomic E-state index is 12.8. The van der Waals surface area contributed by atoms with Crippen LogP contribution in [0, 0.1) is 5.92 Å². The van der Waals surface area contributed by atoms with Gasteiger partial charge in [-0.2, -0.15) is 5.10 Å². The fourth-order valence-corrected chi connectivity index (χ4v) is 4.71. The molecule has 2 N–H and O–H groups in total. The van der Waals surface area contributed by atoms with E-state index in [9.17, 15) is 19.5 Å². The van der Waals surface area contributed by atoms with Gasteiger partial charge in [0.1, 0.15) is 18.1 Å². The largest absolute Gasteiger partial charge is 0.506 e. The van der Waals surface area contributed by atoms with Gasteiger partial charge in [0.2, 0.25) is 5.91 Å². The lowest BCUT2D eigenvalue weighted by Gasteiger charge is -2.23. The van der Waals surface area contributed by atoms with Crippen molar-refractivity contribution >= 4 is 46.2 Å². The summed E-state index contributed by atoms with van der Waals surface area (Å²) in [6.45, 7) is 1.50. The SMILES string of the molecule is CC(=O)N(C)C1CCC(C(=O)COc2ccc(/C=N/NC(=O)c3ccc(O)c(Cl)c3)c3ccccc23)C1. The number of phenols is 1. The Kier molecular flexibility index (Phi) is 8.08. The molecule has 192 valence electrons. The van der Waals surface area contributed by atoms with E-state index >= 15 is 0 Å². The molecule has 1 aliphatic rings. The number of nitrogens with one attached hydrogen (secondary N) is 1. The molecule has 1 saturated carbocycles. The van der Waals surface area contributed by atoms with Gasteiger partial charge in [-0.05, 0) is 55.0 Å². The molecule has 0 saturated heterocycles. The quantitative estimate of drug-likeness (QED) is 0.334. The molecular weight excluding hydrogens is 494 g/mol. The Bertz CT molecular complexity index is 1370. The van der Waals surface area contributed by atoms with Crippen LogP contribution in [0.2, 0.25) is 5.02 Å². The van der Waals surface area contributed by atoms with Crippen molar-refractivity contribution < 1.29 is 24.2 Å². The van der Waals surface area contributed by atoms with Gasteiger partial charge in [0, 0.05) is 42.4 Å². The van der Waals surface area contributed by atoms with Gasteiger partial charge in [0.15, 0.2) is 5.78 Å². The highest BCUT2D eigenvalue weighted by atomic mass is 35.5. The molecule has 2 atom stereocenters. The molecule has 0 aromatic heterocycles. The van der Waals surface area contributed by atoms with Crippen molar-refractivity contribution in [2.75, 3.05) is 13.7 Å². The van der Waals surface area contributed by atoms with Crippen LogP contribution in [0.15, 0.2) is 59.7 Å². The molecule has 4 rings (SSSR count). The molecule has 2 unspecified atom stereocenters. The number of hydrazone groups is 1. The van der Waals surface area contributed by atoms with Gasteiger partial charge < -0.3 is 14.7 Å². The van der Waals surface area contributed by atoms with Gasteiger partial charge in [-0.15, -0.1) is 0 Å². The van der Waals surface area contributed by atoms with Gasteiger partial charge >= 0.3 is 0 Å². The number of ketones is 1. The van der Waals surface area contributed by atoms with E-state index in [1.807, 2.05) is 30.3 Å². The molecule has 1 fully saturated rings. The van der Waals surface area contributed by atoms with Gasteiger partial charge in [0.05, 0.1) is 11.2 Å². The van der Waals surface area contributed by atoms with E-state index in [1.165, 1.54) is 31.3 Å². The summed E-state index contributed by atoms with van der Waals surface area (Å²) in [5.41, 5.74) is 3.47.